The van der Waals surface area contributed by atoms with E-state index in [-0.39, 0.29) is 25.0 Å². The molecule has 2 amide bonds. The van der Waals surface area contributed by atoms with Crippen LogP contribution in [0.1, 0.15) is 32.1 Å². The minimum atomic E-state index is -0.916. The van der Waals surface area contributed by atoms with Crippen molar-refractivity contribution < 1.29 is 19.1 Å². The molecule has 0 aliphatic rings. The highest BCUT2D eigenvalue weighted by atomic mass is 16.4. The number of amides is 2. The number of carbonyl (C=O) groups is 2. The topological polar surface area (TPSA) is 82.8 Å². The number of hydrogen-bond donors (Lipinski definition) is 2. The molecule has 0 radical (unpaired) electrons. The van der Waals surface area contributed by atoms with Gasteiger partial charge < -0.3 is 19.7 Å². The molecule has 2 N–H and O–H groups in total. The predicted octanol–water partition coefficient (Wildman–Crippen LogP) is 1.85. The third-order valence-electron chi connectivity index (χ3n) is 2.57. The summed E-state index contributed by atoms with van der Waals surface area (Å²) in [6.45, 7) is 4.27. The first kappa shape index (κ1) is 14.1. The van der Waals surface area contributed by atoms with Gasteiger partial charge in [-0.05, 0) is 26.0 Å². The summed E-state index contributed by atoms with van der Waals surface area (Å²) in [5, 5.41) is 11.4. The Morgan fingerprint density at radius 2 is 2.28 bits per heavy atom. The van der Waals surface area contributed by atoms with Crippen molar-refractivity contribution >= 4 is 12.0 Å². The fourth-order valence-corrected chi connectivity index (χ4v) is 1.52. The SMILES string of the molecule is CCN(CCC(=O)O)C(=O)NC(C)c1ccco1. The van der Waals surface area contributed by atoms with Crippen LogP contribution in [0.25, 0.3) is 0 Å². The molecule has 0 saturated heterocycles. The second-order valence-corrected chi connectivity index (χ2v) is 3.91. The van der Waals surface area contributed by atoms with E-state index in [1.54, 1.807) is 25.3 Å². The summed E-state index contributed by atoms with van der Waals surface area (Å²) in [7, 11) is 0. The third kappa shape index (κ3) is 4.12. The molecule has 18 heavy (non-hydrogen) atoms. The van der Waals surface area contributed by atoms with Gasteiger partial charge in [0.15, 0.2) is 0 Å². The number of carboxylic acid groups (broad SMARTS) is 1. The second-order valence-electron chi connectivity index (χ2n) is 3.91. The third-order valence-corrected chi connectivity index (χ3v) is 2.57. The van der Waals surface area contributed by atoms with Gasteiger partial charge >= 0.3 is 12.0 Å². The maximum absolute atomic E-state index is 11.9. The van der Waals surface area contributed by atoms with E-state index in [1.807, 2.05) is 6.92 Å². The van der Waals surface area contributed by atoms with Gasteiger partial charge in [0.2, 0.25) is 0 Å². The van der Waals surface area contributed by atoms with Crippen molar-refractivity contribution in [2.45, 2.75) is 26.3 Å². The summed E-state index contributed by atoms with van der Waals surface area (Å²) < 4.78 is 5.18. The van der Waals surface area contributed by atoms with Gasteiger partial charge in [-0.3, -0.25) is 4.79 Å². The van der Waals surface area contributed by atoms with E-state index in [1.165, 1.54) is 4.90 Å². The fourth-order valence-electron chi connectivity index (χ4n) is 1.52. The molecule has 100 valence electrons. The van der Waals surface area contributed by atoms with Crippen LogP contribution in [0.15, 0.2) is 22.8 Å². The van der Waals surface area contributed by atoms with E-state index >= 15 is 0 Å². The quantitative estimate of drug-likeness (QED) is 0.811. The Bertz CT molecular complexity index is 389. The molecular weight excluding hydrogens is 236 g/mol. The Morgan fingerprint density at radius 3 is 2.78 bits per heavy atom. The Morgan fingerprint density at radius 1 is 1.56 bits per heavy atom. The number of urea groups is 1. The van der Waals surface area contributed by atoms with Crippen molar-refractivity contribution in [3.63, 3.8) is 0 Å². The first-order valence-corrected chi connectivity index (χ1v) is 5.85. The molecule has 6 heteroatoms. The number of nitrogens with zero attached hydrogens (tertiary/aromatic N) is 1. The van der Waals surface area contributed by atoms with E-state index in [0.717, 1.165) is 0 Å². The molecule has 6 nitrogen and oxygen atoms in total. The van der Waals surface area contributed by atoms with Gasteiger partial charge in [0.25, 0.3) is 0 Å². The van der Waals surface area contributed by atoms with Crippen molar-refractivity contribution in [1.82, 2.24) is 10.2 Å². The smallest absolute Gasteiger partial charge is 0.317 e. The minimum Gasteiger partial charge on any atom is -0.481 e. The Hall–Kier alpha value is -1.98. The molecule has 0 spiro atoms. The van der Waals surface area contributed by atoms with E-state index in [9.17, 15) is 9.59 Å². The lowest BCUT2D eigenvalue weighted by Gasteiger charge is -2.22. The molecule has 1 heterocycles. The van der Waals surface area contributed by atoms with Crippen LogP contribution < -0.4 is 5.32 Å². The second kappa shape index (κ2) is 6.68. The minimum absolute atomic E-state index is 0.0591. The van der Waals surface area contributed by atoms with Crippen molar-refractivity contribution in [2.75, 3.05) is 13.1 Å². The van der Waals surface area contributed by atoms with E-state index in [2.05, 4.69) is 5.32 Å². The molecule has 0 aliphatic heterocycles. The Balaban J connectivity index is 2.49. The standard InChI is InChI=1S/C12H18N2O4/c1-3-14(7-6-11(15)16)12(17)13-9(2)10-5-4-8-18-10/h4-5,8-9H,3,6-7H2,1-2H3,(H,13,17)(H,15,16). The highest BCUT2D eigenvalue weighted by Gasteiger charge is 2.17. The first-order chi connectivity index (χ1) is 8.54. The fraction of sp³-hybridized carbons (Fsp3) is 0.500. The van der Waals surface area contributed by atoms with Crippen LogP contribution in [0.3, 0.4) is 0 Å². The highest BCUT2D eigenvalue weighted by molar-refractivity contribution is 5.75. The van der Waals surface area contributed by atoms with Crippen molar-refractivity contribution in [3.05, 3.63) is 24.2 Å². The molecule has 1 aromatic rings. The maximum Gasteiger partial charge on any atom is 0.317 e. The molecule has 0 aromatic carbocycles. The lowest BCUT2D eigenvalue weighted by Crippen LogP contribution is -2.41. The van der Waals surface area contributed by atoms with Crippen molar-refractivity contribution in [2.24, 2.45) is 0 Å². The molecule has 1 atom stereocenters. The number of rotatable bonds is 6. The molecular formula is C12H18N2O4. The van der Waals surface area contributed by atoms with Gasteiger partial charge in [-0.1, -0.05) is 0 Å². The molecule has 1 unspecified atom stereocenters. The van der Waals surface area contributed by atoms with E-state index in [4.69, 9.17) is 9.52 Å². The zero-order valence-electron chi connectivity index (χ0n) is 10.5. The predicted molar refractivity (Wildman–Crippen MR) is 65.2 cm³/mol. The summed E-state index contributed by atoms with van der Waals surface area (Å²) in [6.07, 6.45) is 1.48. The van der Waals surface area contributed by atoms with Crippen LogP contribution in [0.4, 0.5) is 4.79 Å². The van der Waals surface area contributed by atoms with Gasteiger partial charge in [-0.15, -0.1) is 0 Å². The molecule has 0 fully saturated rings. The number of nitrogens with one attached hydrogen (secondary N) is 1. The molecule has 0 aliphatic carbocycles. The van der Waals surface area contributed by atoms with Crippen LogP contribution in [0.2, 0.25) is 0 Å². The van der Waals surface area contributed by atoms with Gasteiger partial charge in [-0.25, -0.2) is 4.79 Å². The largest absolute Gasteiger partial charge is 0.481 e. The zero-order chi connectivity index (χ0) is 13.5. The van der Waals surface area contributed by atoms with Gasteiger partial charge in [0.05, 0.1) is 18.7 Å². The normalized spacial score (nSPS) is 11.9. The van der Waals surface area contributed by atoms with E-state index < -0.39 is 5.97 Å². The van der Waals surface area contributed by atoms with E-state index in [0.29, 0.717) is 12.3 Å². The molecule has 1 rings (SSSR count). The highest BCUT2D eigenvalue weighted by Crippen LogP contribution is 2.12. The zero-order valence-corrected chi connectivity index (χ0v) is 10.5. The Kier molecular flexibility index (Phi) is 5.23. The average Bonchev–Trinajstić information content (AvgIpc) is 2.82. The van der Waals surface area contributed by atoms with Crippen LogP contribution in [-0.4, -0.2) is 35.1 Å². The number of carboxylic acids is 1. The summed E-state index contributed by atoms with van der Waals surface area (Å²) in [6, 6.07) is 2.99. The van der Waals surface area contributed by atoms with Gasteiger partial charge in [0.1, 0.15) is 5.76 Å². The Labute approximate surface area is 106 Å². The average molecular weight is 254 g/mol. The number of carbonyl (C=O) groups excluding carboxylic acids is 1. The molecule has 1 aromatic heterocycles. The summed E-state index contributed by atoms with van der Waals surface area (Å²) >= 11 is 0. The molecule has 0 bridgehead atoms. The van der Waals surface area contributed by atoms with Gasteiger partial charge in [0, 0.05) is 13.1 Å². The van der Waals surface area contributed by atoms with Crippen LogP contribution in [0.5, 0.6) is 0 Å². The van der Waals surface area contributed by atoms with Crippen LogP contribution in [-0.2, 0) is 4.79 Å². The van der Waals surface area contributed by atoms with Crippen LogP contribution in [0, 0.1) is 0 Å². The summed E-state index contributed by atoms with van der Waals surface area (Å²) in [5.74, 6) is -0.252. The summed E-state index contributed by atoms with van der Waals surface area (Å²) in [4.78, 5) is 23.8. The lowest BCUT2D eigenvalue weighted by atomic mass is 10.2. The van der Waals surface area contributed by atoms with Crippen LogP contribution >= 0.6 is 0 Å². The molecule has 0 saturated carbocycles. The number of aliphatic carboxylic acids is 1. The van der Waals surface area contributed by atoms with Crippen molar-refractivity contribution in [1.29, 1.82) is 0 Å². The maximum atomic E-state index is 11.9. The monoisotopic (exact) mass is 254 g/mol. The summed E-state index contributed by atoms with van der Waals surface area (Å²) in [5.41, 5.74) is 0. The van der Waals surface area contributed by atoms with Crippen molar-refractivity contribution in [3.8, 4) is 0 Å². The first-order valence-electron chi connectivity index (χ1n) is 5.85. The number of furan rings is 1. The van der Waals surface area contributed by atoms with Gasteiger partial charge in [-0.2, -0.15) is 0 Å². The number of hydrogen-bond acceptors (Lipinski definition) is 3. The lowest BCUT2D eigenvalue weighted by molar-refractivity contribution is -0.137.